The van der Waals surface area contributed by atoms with E-state index in [1.807, 2.05) is 0 Å². The van der Waals surface area contributed by atoms with E-state index in [9.17, 15) is 18.7 Å². The first-order chi connectivity index (χ1) is 12.4. The van der Waals surface area contributed by atoms with E-state index in [2.05, 4.69) is 0 Å². The second-order valence-electron chi connectivity index (χ2n) is 6.70. The molecule has 0 bridgehead atoms. The number of rotatable bonds is 5. The number of hydrogen-bond donors (Lipinski definition) is 2. The van der Waals surface area contributed by atoms with Crippen molar-refractivity contribution in [2.24, 2.45) is 0 Å². The number of piperidine rings is 1. The summed E-state index contributed by atoms with van der Waals surface area (Å²) in [5, 5.41) is 19.4. The number of nitrogens with zero attached hydrogens (tertiary/aromatic N) is 2. The zero-order valence-corrected chi connectivity index (χ0v) is 14.5. The molecule has 9 heteroatoms. The maximum absolute atomic E-state index is 14.6. The van der Waals surface area contributed by atoms with Crippen LogP contribution in [0.5, 0.6) is 0 Å². The van der Waals surface area contributed by atoms with Crippen LogP contribution in [-0.2, 0) is 9.47 Å². The summed E-state index contributed by atoms with van der Waals surface area (Å²) < 4.78 is 39.1. The molecule has 2 N–H and O–H groups in total. The molecule has 2 aliphatic rings. The molecule has 1 aromatic rings. The maximum atomic E-state index is 14.6. The van der Waals surface area contributed by atoms with Gasteiger partial charge in [0, 0.05) is 32.3 Å². The van der Waals surface area contributed by atoms with E-state index < -0.39 is 29.4 Å². The predicted molar refractivity (Wildman–Crippen MR) is 89.3 cm³/mol. The predicted octanol–water partition coefficient (Wildman–Crippen LogP) is 1.26. The maximum Gasteiger partial charge on any atom is 0.414 e. The molecule has 1 atom stereocenters. The summed E-state index contributed by atoms with van der Waals surface area (Å²) in [7, 11) is 1.49. The molecule has 0 spiro atoms. The summed E-state index contributed by atoms with van der Waals surface area (Å²) in [5.74, 6) is -1.59. The molecule has 0 saturated carbocycles. The van der Waals surface area contributed by atoms with Crippen molar-refractivity contribution in [3.05, 3.63) is 23.8 Å². The van der Waals surface area contributed by atoms with Gasteiger partial charge in [-0.1, -0.05) is 0 Å². The lowest BCUT2D eigenvalue weighted by molar-refractivity contribution is -0.0473. The largest absolute Gasteiger partial charge is 0.441 e. The van der Waals surface area contributed by atoms with E-state index in [1.165, 1.54) is 12.0 Å². The van der Waals surface area contributed by atoms with Crippen LogP contribution in [0.4, 0.5) is 25.0 Å². The van der Waals surface area contributed by atoms with E-state index in [1.54, 1.807) is 0 Å². The van der Waals surface area contributed by atoms with Gasteiger partial charge in [0.25, 0.3) is 0 Å². The van der Waals surface area contributed by atoms with Crippen molar-refractivity contribution in [2.45, 2.75) is 24.5 Å². The van der Waals surface area contributed by atoms with Crippen molar-refractivity contribution in [1.29, 1.82) is 0 Å². The van der Waals surface area contributed by atoms with Crippen LogP contribution in [0.2, 0.25) is 0 Å². The Morgan fingerprint density at radius 2 is 1.92 bits per heavy atom. The number of aliphatic hydroxyl groups is 2. The fraction of sp³-hybridized carbons (Fsp3) is 0.588. The molecule has 0 radical (unpaired) electrons. The highest BCUT2D eigenvalue weighted by molar-refractivity contribution is 5.90. The zero-order chi connectivity index (χ0) is 18.9. The Labute approximate surface area is 149 Å². The van der Waals surface area contributed by atoms with E-state index in [0.29, 0.717) is 12.8 Å². The second kappa shape index (κ2) is 7.34. The second-order valence-corrected chi connectivity index (χ2v) is 6.70. The minimum atomic E-state index is -0.989. The number of aliphatic hydroxyl groups excluding tert-OH is 1. The number of carbonyl (C=O) groups is 1. The minimum Gasteiger partial charge on any atom is -0.441 e. The lowest BCUT2D eigenvalue weighted by Gasteiger charge is -2.39. The topological polar surface area (TPSA) is 82.5 Å². The molecular weight excluding hydrogens is 350 g/mol. The van der Waals surface area contributed by atoms with Crippen molar-refractivity contribution < 1.29 is 33.3 Å². The summed E-state index contributed by atoms with van der Waals surface area (Å²) in [6.07, 6.45) is -0.803. The number of ether oxygens (including phenoxy) is 2. The number of anilines is 2. The van der Waals surface area contributed by atoms with Crippen LogP contribution in [0, 0.1) is 11.6 Å². The van der Waals surface area contributed by atoms with Gasteiger partial charge < -0.3 is 24.6 Å². The van der Waals surface area contributed by atoms with Gasteiger partial charge in [0.2, 0.25) is 0 Å². The Hall–Kier alpha value is -1.97. The molecule has 1 unspecified atom stereocenters. The Balaban J connectivity index is 1.78. The zero-order valence-electron chi connectivity index (χ0n) is 14.5. The number of cyclic esters (lactones) is 1. The number of methoxy groups -OCH3 is 1. The molecule has 0 aromatic heterocycles. The fourth-order valence-corrected chi connectivity index (χ4v) is 3.40. The number of hydrogen-bond acceptors (Lipinski definition) is 6. The normalized spacial score (nSPS) is 22.7. The van der Waals surface area contributed by atoms with Crippen molar-refractivity contribution in [2.75, 3.05) is 49.8 Å². The number of carbonyl (C=O) groups excluding carboxylic acids is 1. The van der Waals surface area contributed by atoms with Crippen molar-refractivity contribution in [1.82, 2.24) is 0 Å². The summed E-state index contributed by atoms with van der Waals surface area (Å²) in [5.41, 5.74) is -1.13. The third-order valence-electron chi connectivity index (χ3n) is 4.81. The van der Waals surface area contributed by atoms with Crippen LogP contribution >= 0.6 is 0 Å². The number of benzene rings is 1. The first kappa shape index (κ1) is 18.8. The highest BCUT2D eigenvalue weighted by atomic mass is 19.1. The number of amides is 1. The van der Waals surface area contributed by atoms with Gasteiger partial charge in [0.1, 0.15) is 11.8 Å². The van der Waals surface area contributed by atoms with E-state index in [4.69, 9.17) is 14.6 Å². The van der Waals surface area contributed by atoms with Crippen molar-refractivity contribution >= 4 is 17.5 Å². The van der Waals surface area contributed by atoms with Gasteiger partial charge in [-0.3, -0.25) is 4.90 Å². The lowest BCUT2D eigenvalue weighted by Crippen LogP contribution is -2.47. The van der Waals surface area contributed by atoms with E-state index in [-0.39, 0.29) is 44.2 Å². The molecule has 1 aromatic carbocycles. The highest BCUT2D eigenvalue weighted by Crippen LogP contribution is 2.34. The van der Waals surface area contributed by atoms with Crippen LogP contribution < -0.4 is 9.80 Å². The van der Waals surface area contributed by atoms with Gasteiger partial charge >= 0.3 is 6.09 Å². The van der Waals surface area contributed by atoms with E-state index >= 15 is 0 Å². The molecule has 7 nitrogen and oxygen atoms in total. The first-order valence-corrected chi connectivity index (χ1v) is 8.41. The highest BCUT2D eigenvalue weighted by Gasteiger charge is 2.36. The average molecular weight is 372 g/mol. The molecule has 3 rings (SSSR count). The molecule has 2 fully saturated rings. The van der Waals surface area contributed by atoms with Crippen LogP contribution in [-0.4, -0.2) is 68.0 Å². The molecule has 2 heterocycles. The van der Waals surface area contributed by atoms with Gasteiger partial charge in [0.15, 0.2) is 11.6 Å². The SMILES string of the molecule is COCC1(O)CCN(c2c(F)cc(N3CC(CO)OC3=O)cc2F)CC1. The molecule has 1 amide bonds. The standard InChI is InChI=1S/C17H22F2N2O5/c1-25-10-17(24)2-4-20(5-3-17)15-13(18)6-11(7-14(15)19)21-8-12(9-22)26-16(21)23/h6-7,12,22,24H,2-5,8-10H2,1H3. The molecule has 2 saturated heterocycles. The molecule has 26 heavy (non-hydrogen) atoms. The van der Waals surface area contributed by atoms with Gasteiger partial charge in [-0.15, -0.1) is 0 Å². The third kappa shape index (κ3) is 3.60. The average Bonchev–Trinajstić information content (AvgIpc) is 2.97. The lowest BCUT2D eigenvalue weighted by atomic mass is 9.92. The molecule has 0 aliphatic carbocycles. The Morgan fingerprint density at radius 3 is 2.42 bits per heavy atom. The monoisotopic (exact) mass is 372 g/mol. The quantitative estimate of drug-likeness (QED) is 0.810. The molecular formula is C17H22F2N2O5. The smallest absolute Gasteiger partial charge is 0.414 e. The summed E-state index contributed by atoms with van der Waals surface area (Å²) in [6.45, 7) is 0.412. The third-order valence-corrected chi connectivity index (χ3v) is 4.81. The minimum absolute atomic E-state index is 0.0291. The Bertz CT molecular complexity index is 656. The fourth-order valence-electron chi connectivity index (χ4n) is 3.40. The van der Waals surface area contributed by atoms with Gasteiger partial charge in [0.05, 0.1) is 31.0 Å². The summed E-state index contributed by atoms with van der Waals surface area (Å²) >= 11 is 0. The van der Waals surface area contributed by atoms with Crippen molar-refractivity contribution in [3.8, 4) is 0 Å². The summed E-state index contributed by atoms with van der Waals surface area (Å²) in [4.78, 5) is 14.4. The van der Waals surface area contributed by atoms with Crippen LogP contribution in [0.1, 0.15) is 12.8 Å². The Kier molecular flexibility index (Phi) is 5.31. The van der Waals surface area contributed by atoms with Crippen molar-refractivity contribution in [3.63, 3.8) is 0 Å². The van der Waals surface area contributed by atoms with Crippen LogP contribution in [0.15, 0.2) is 12.1 Å². The van der Waals surface area contributed by atoms with E-state index in [0.717, 1.165) is 17.0 Å². The first-order valence-electron chi connectivity index (χ1n) is 8.41. The van der Waals surface area contributed by atoms with Gasteiger partial charge in [-0.05, 0) is 12.8 Å². The van der Waals surface area contributed by atoms with Gasteiger partial charge in [-0.2, -0.15) is 0 Å². The van der Waals surface area contributed by atoms with Crippen LogP contribution in [0.3, 0.4) is 0 Å². The summed E-state index contributed by atoms with van der Waals surface area (Å²) in [6, 6.07) is 2.16. The van der Waals surface area contributed by atoms with Crippen LogP contribution in [0.25, 0.3) is 0 Å². The number of halogens is 2. The van der Waals surface area contributed by atoms with Gasteiger partial charge in [-0.25, -0.2) is 13.6 Å². The molecule has 144 valence electrons. The molecule has 2 aliphatic heterocycles. The Morgan fingerprint density at radius 1 is 1.31 bits per heavy atom.